The van der Waals surface area contributed by atoms with Gasteiger partial charge in [-0.1, -0.05) is 23.4 Å². The summed E-state index contributed by atoms with van der Waals surface area (Å²) in [6, 6.07) is 14.2. The lowest BCUT2D eigenvalue weighted by Crippen LogP contribution is -2.58. The van der Waals surface area contributed by atoms with Gasteiger partial charge in [-0.2, -0.15) is 5.26 Å². The van der Waals surface area contributed by atoms with Crippen LogP contribution in [0.15, 0.2) is 48.2 Å². The lowest BCUT2D eigenvalue weighted by molar-refractivity contribution is -0.292. The van der Waals surface area contributed by atoms with Gasteiger partial charge in [0.1, 0.15) is 41.8 Å². The second kappa shape index (κ2) is 12.8. The minimum Gasteiger partial charge on any atom is -0.388 e. The average molecular weight is 563 g/mol. The molecule has 0 saturated carbocycles. The molecule has 2 aromatic carbocycles. The van der Waals surface area contributed by atoms with Crippen LogP contribution in [0.25, 0.3) is 16.8 Å². The van der Waals surface area contributed by atoms with Gasteiger partial charge in [0, 0.05) is 25.9 Å². The van der Waals surface area contributed by atoms with Crippen LogP contribution >= 0.6 is 0 Å². The first-order valence-corrected chi connectivity index (χ1v) is 13.7. The fraction of sp³-hybridized carbons (Fsp3) is 0.448. The monoisotopic (exact) mass is 562 g/mol. The number of anilines is 1. The third-order valence-corrected chi connectivity index (χ3v) is 7.53. The number of hydrogen-bond donors (Lipinski definition) is 4. The van der Waals surface area contributed by atoms with Crippen molar-refractivity contribution in [2.24, 2.45) is 0 Å². The highest BCUT2D eigenvalue weighted by atomic mass is 16.7. The van der Waals surface area contributed by atoms with Crippen LogP contribution in [0.1, 0.15) is 30.5 Å². The summed E-state index contributed by atoms with van der Waals surface area (Å²) in [6.07, 6.45) is 0.604. The summed E-state index contributed by atoms with van der Waals surface area (Å²) in [5.41, 5.74) is 2.33. The van der Waals surface area contributed by atoms with E-state index >= 15 is 0 Å². The molecular weight excluding hydrogens is 528 g/mol. The number of nitriles is 1. The highest BCUT2D eigenvalue weighted by Gasteiger charge is 2.44. The van der Waals surface area contributed by atoms with Crippen LogP contribution in [-0.4, -0.2) is 87.1 Å². The largest absolute Gasteiger partial charge is 0.388 e. The Morgan fingerprint density at radius 2 is 1.88 bits per heavy atom. The molecule has 2 fully saturated rings. The van der Waals surface area contributed by atoms with Gasteiger partial charge < -0.3 is 35.0 Å². The third-order valence-electron chi connectivity index (χ3n) is 7.53. The number of rotatable bonds is 8. The van der Waals surface area contributed by atoms with E-state index in [4.69, 9.17) is 9.47 Å². The predicted molar refractivity (Wildman–Crippen MR) is 149 cm³/mol. The zero-order valence-electron chi connectivity index (χ0n) is 22.8. The van der Waals surface area contributed by atoms with Crippen molar-refractivity contribution in [2.45, 2.75) is 63.1 Å². The van der Waals surface area contributed by atoms with Crippen LogP contribution in [0.4, 0.5) is 5.69 Å². The van der Waals surface area contributed by atoms with Crippen molar-refractivity contribution >= 4 is 28.4 Å². The second-order valence-corrected chi connectivity index (χ2v) is 10.4. The third kappa shape index (κ3) is 6.56. The normalized spacial score (nSPS) is 25.2. The Hall–Kier alpha value is -3.86. The van der Waals surface area contributed by atoms with Crippen LogP contribution in [0.5, 0.6) is 0 Å². The Morgan fingerprint density at radius 3 is 2.63 bits per heavy atom. The first-order chi connectivity index (χ1) is 19.9. The summed E-state index contributed by atoms with van der Waals surface area (Å²) in [5.74, 6) is -0.548. The molecule has 41 heavy (non-hydrogen) atoms. The fourth-order valence-corrected chi connectivity index (χ4v) is 5.23. The predicted octanol–water partition coefficient (Wildman–Crippen LogP) is 1.10. The van der Waals surface area contributed by atoms with E-state index in [1.807, 2.05) is 24.3 Å². The van der Waals surface area contributed by atoms with Gasteiger partial charge >= 0.3 is 0 Å². The summed E-state index contributed by atoms with van der Waals surface area (Å²) in [6.45, 7) is 2.19. The first-order valence-electron chi connectivity index (χ1n) is 13.7. The molecule has 2 aliphatic heterocycles. The van der Waals surface area contributed by atoms with E-state index in [1.165, 1.54) is 36.7 Å². The number of carbonyl (C=O) groups is 1. The fourth-order valence-electron chi connectivity index (χ4n) is 5.23. The molecule has 2 aliphatic rings. The number of fused-ring (bicyclic) bond motifs is 1. The van der Waals surface area contributed by atoms with E-state index in [9.17, 15) is 25.4 Å². The number of piperidine rings is 1. The number of ether oxygens (including phenoxy) is 2. The molecule has 216 valence electrons. The standard InChI is InChI=1S/C29H34N6O6/c1-40-29-27(38)26(37)25(36)24(41-29)17-35-16-22(32-33-35)15-31-28(39)21(14-30)12-18-5-6-20-13-23(8-7-19(20)11-18)34-9-3-2-4-10-34/h5-8,11-13,16,24-27,29,36-38H,2-4,9-10,15,17H2,1H3,(H,31,39)/b21-12+. The Bertz CT molecular complexity index is 1440. The molecule has 0 bridgehead atoms. The zero-order chi connectivity index (χ0) is 28.9. The van der Waals surface area contributed by atoms with Gasteiger partial charge in [0.25, 0.3) is 5.91 Å². The lowest BCUT2D eigenvalue weighted by atomic mass is 9.99. The molecule has 12 heteroatoms. The van der Waals surface area contributed by atoms with Crippen molar-refractivity contribution in [3.05, 3.63) is 59.4 Å². The number of aliphatic hydroxyl groups is 3. The van der Waals surface area contributed by atoms with E-state index in [0.29, 0.717) is 5.69 Å². The number of nitrogens with one attached hydrogen (secondary N) is 1. The molecule has 4 N–H and O–H groups in total. The molecule has 1 aromatic heterocycles. The summed E-state index contributed by atoms with van der Waals surface area (Å²) in [5, 5.41) is 52.6. The first kappa shape index (κ1) is 28.7. The van der Waals surface area contributed by atoms with E-state index in [1.54, 1.807) is 12.3 Å². The van der Waals surface area contributed by atoms with Crippen LogP contribution < -0.4 is 10.2 Å². The number of aromatic nitrogens is 3. The quantitative estimate of drug-likeness (QED) is 0.231. The van der Waals surface area contributed by atoms with Crippen molar-refractivity contribution in [3.8, 4) is 6.07 Å². The van der Waals surface area contributed by atoms with Crippen LogP contribution in [0.3, 0.4) is 0 Å². The second-order valence-electron chi connectivity index (χ2n) is 10.4. The van der Waals surface area contributed by atoms with Crippen LogP contribution in [0.2, 0.25) is 0 Å². The van der Waals surface area contributed by atoms with Crippen molar-refractivity contribution < 1.29 is 29.6 Å². The van der Waals surface area contributed by atoms with Crippen LogP contribution in [-0.2, 0) is 27.4 Å². The van der Waals surface area contributed by atoms with E-state index < -0.39 is 36.6 Å². The number of aliphatic hydroxyl groups excluding tert-OH is 3. The SMILES string of the molecule is COC1OC(Cn2cc(CNC(=O)/C(C#N)=C/c3ccc4cc(N5CCCCC5)ccc4c3)nn2)C(O)C(O)C1O. The van der Waals surface area contributed by atoms with Gasteiger partial charge in [0.15, 0.2) is 6.29 Å². The highest BCUT2D eigenvalue weighted by molar-refractivity contribution is 6.02. The summed E-state index contributed by atoms with van der Waals surface area (Å²) < 4.78 is 11.9. The van der Waals surface area contributed by atoms with Crippen molar-refractivity contribution in [1.29, 1.82) is 5.26 Å². The number of benzene rings is 2. The van der Waals surface area contributed by atoms with E-state index in [-0.39, 0.29) is 18.7 Å². The number of methoxy groups -OCH3 is 1. The molecule has 1 amide bonds. The molecule has 5 atom stereocenters. The topological polar surface area (TPSA) is 166 Å². The Kier molecular flexibility index (Phi) is 8.92. The van der Waals surface area contributed by atoms with Crippen molar-refractivity contribution in [2.75, 3.05) is 25.1 Å². The minimum atomic E-state index is -1.45. The molecule has 3 heterocycles. The molecule has 0 spiro atoms. The molecule has 3 aromatic rings. The van der Waals surface area contributed by atoms with Gasteiger partial charge in [0.2, 0.25) is 0 Å². The molecule has 0 radical (unpaired) electrons. The maximum atomic E-state index is 12.8. The molecule has 5 unspecified atom stereocenters. The Morgan fingerprint density at radius 1 is 1.12 bits per heavy atom. The Balaban J connectivity index is 1.19. The average Bonchev–Trinajstić information content (AvgIpc) is 3.46. The van der Waals surface area contributed by atoms with Gasteiger partial charge in [-0.3, -0.25) is 4.79 Å². The number of carbonyl (C=O) groups excluding carboxylic acids is 1. The van der Waals surface area contributed by atoms with Gasteiger partial charge in [-0.25, -0.2) is 4.68 Å². The zero-order valence-corrected chi connectivity index (χ0v) is 22.8. The summed E-state index contributed by atoms with van der Waals surface area (Å²) in [7, 11) is 1.32. The van der Waals surface area contributed by atoms with Crippen molar-refractivity contribution in [3.63, 3.8) is 0 Å². The maximum absolute atomic E-state index is 12.8. The van der Waals surface area contributed by atoms with Crippen LogP contribution in [0, 0.1) is 11.3 Å². The number of amides is 1. The maximum Gasteiger partial charge on any atom is 0.262 e. The highest BCUT2D eigenvalue weighted by Crippen LogP contribution is 2.26. The molecule has 5 rings (SSSR count). The molecular formula is C29H34N6O6. The minimum absolute atomic E-state index is 0.0188. The van der Waals surface area contributed by atoms with E-state index in [0.717, 1.165) is 29.4 Å². The van der Waals surface area contributed by atoms with Gasteiger partial charge in [-0.05, 0) is 59.9 Å². The van der Waals surface area contributed by atoms with Gasteiger partial charge in [-0.15, -0.1) is 5.10 Å². The van der Waals surface area contributed by atoms with Gasteiger partial charge in [0.05, 0.1) is 19.3 Å². The smallest absolute Gasteiger partial charge is 0.262 e. The van der Waals surface area contributed by atoms with Crippen molar-refractivity contribution in [1.82, 2.24) is 20.3 Å². The van der Waals surface area contributed by atoms with E-state index in [2.05, 4.69) is 38.7 Å². The molecule has 0 aliphatic carbocycles. The summed E-state index contributed by atoms with van der Waals surface area (Å²) >= 11 is 0. The number of hydrogen-bond acceptors (Lipinski definition) is 10. The molecule has 12 nitrogen and oxygen atoms in total. The molecule has 2 saturated heterocycles. The number of nitrogens with zero attached hydrogens (tertiary/aromatic N) is 5. The Labute approximate surface area is 237 Å². The lowest BCUT2D eigenvalue weighted by Gasteiger charge is -2.39. The summed E-state index contributed by atoms with van der Waals surface area (Å²) in [4.78, 5) is 15.2.